The van der Waals surface area contributed by atoms with Gasteiger partial charge in [-0.3, -0.25) is 4.79 Å². The molecule has 0 saturated heterocycles. The highest BCUT2D eigenvalue weighted by atomic mass is 16.2. The van der Waals surface area contributed by atoms with E-state index in [-0.39, 0.29) is 23.9 Å². The van der Waals surface area contributed by atoms with Crippen LogP contribution in [0.2, 0.25) is 0 Å². The first-order valence-corrected chi connectivity index (χ1v) is 11.5. The maximum atomic E-state index is 13.2. The van der Waals surface area contributed by atoms with E-state index < -0.39 is 0 Å². The van der Waals surface area contributed by atoms with Crippen LogP contribution >= 0.6 is 0 Å². The fourth-order valence-electron chi connectivity index (χ4n) is 5.26. The first-order valence-electron chi connectivity index (χ1n) is 11.5. The summed E-state index contributed by atoms with van der Waals surface area (Å²) in [4.78, 5) is 26.9. The van der Waals surface area contributed by atoms with Crippen LogP contribution in [0.25, 0.3) is 0 Å². The van der Waals surface area contributed by atoms with Crippen LogP contribution in [0.15, 0.2) is 30.3 Å². The number of amides is 3. The van der Waals surface area contributed by atoms with Crippen LogP contribution in [0.4, 0.5) is 10.5 Å². The molecule has 160 valence electrons. The van der Waals surface area contributed by atoms with Gasteiger partial charge < -0.3 is 16.0 Å². The summed E-state index contributed by atoms with van der Waals surface area (Å²) in [6, 6.07) is 9.70. The molecule has 5 heteroatoms. The number of primary amides is 1. The largest absolute Gasteiger partial charge is 0.370 e. The van der Waals surface area contributed by atoms with Gasteiger partial charge in [0.2, 0.25) is 5.91 Å². The predicted octanol–water partition coefficient (Wildman–Crippen LogP) is 5.32. The van der Waals surface area contributed by atoms with E-state index in [0.717, 1.165) is 50.3 Å². The summed E-state index contributed by atoms with van der Waals surface area (Å²) in [6.07, 6.45) is 13.5. The lowest BCUT2D eigenvalue weighted by Crippen LogP contribution is -2.49. The van der Waals surface area contributed by atoms with Gasteiger partial charge in [0.05, 0.1) is 0 Å². The number of anilines is 1. The van der Waals surface area contributed by atoms with Crippen LogP contribution in [0.3, 0.4) is 0 Å². The number of nitrogens with one attached hydrogen (secondary N) is 1. The van der Waals surface area contributed by atoms with Crippen molar-refractivity contribution in [1.29, 1.82) is 0 Å². The molecule has 2 atom stereocenters. The highest BCUT2D eigenvalue weighted by Crippen LogP contribution is 2.32. The summed E-state index contributed by atoms with van der Waals surface area (Å²) in [5.41, 5.74) is 6.34. The third kappa shape index (κ3) is 6.76. The van der Waals surface area contributed by atoms with Crippen LogP contribution in [0, 0.1) is 11.8 Å². The van der Waals surface area contributed by atoms with E-state index in [1.807, 2.05) is 35.2 Å². The number of carbonyl (C=O) groups excluding carboxylic acids is 2. The molecule has 5 nitrogen and oxygen atoms in total. The van der Waals surface area contributed by atoms with Crippen LogP contribution in [0.1, 0.15) is 77.0 Å². The minimum Gasteiger partial charge on any atom is -0.370 e. The monoisotopic (exact) mass is 399 g/mol. The molecule has 0 bridgehead atoms. The minimum atomic E-state index is -0.257. The molecule has 1 aromatic rings. The molecule has 0 aromatic heterocycles. The molecule has 3 N–H and O–H groups in total. The van der Waals surface area contributed by atoms with Crippen molar-refractivity contribution in [3.8, 4) is 0 Å². The van der Waals surface area contributed by atoms with Crippen LogP contribution in [-0.4, -0.2) is 29.4 Å². The Morgan fingerprint density at radius 1 is 0.966 bits per heavy atom. The number of urea groups is 1. The molecule has 1 aromatic carbocycles. The Labute approximate surface area is 175 Å². The van der Waals surface area contributed by atoms with Crippen molar-refractivity contribution >= 4 is 17.6 Å². The Kier molecular flexibility index (Phi) is 8.38. The van der Waals surface area contributed by atoms with Crippen molar-refractivity contribution in [1.82, 2.24) is 4.90 Å². The van der Waals surface area contributed by atoms with Gasteiger partial charge in [-0.15, -0.1) is 0 Å². The summed E-state index contributed by atoms with van der Waals surface area (Å²) in [5, 5.41) is 3.07. The molecule has 2 aliphatic carbocycles. The molecular weight excluding hydrogens is 362 g/mol. The van der Waals surface area contributed by atoms with Crippen molar-refractivity contribution in [2.45, 2.75) is 83.1 Å². The smallest absolute Gasteiger partial charge is 0.322 e. The van der Waals surface area contributed by atoms with E-state index in [0.29, 0.717) is 6.42 Å². The maximum Gasteiger partial charge on any atom is 0.322 e. The van der Waals surface area contributed by atoms with E-state index in [2.05, 4.69) is 5.32 Å². The Morgan fingerprint density at radius 3 is 2.38 bits per heavy atom. The number of rotatable bonds is 8. The molecule has 3 amide bonds. The van der Waals surface area contributed by atoms with Crippen molar-refractivity contribution < 1.29 is 9.59 Å². The standard InChI is InChI=1S/C24H37N3O2/c25-23(28)18-20-13-7-8-16-22(20)27(17-9-12-19-10-3-1-4-11-19)24(29)26-21-14-5-2-6-15-21/h2,5-6,14-15,19-20,22H,1,3-4,7-13,16-18H2,(H2,25,28)(H,26,29)/t20-,22+/m0/s1. The van der Waals surface area contributed by atoms with Gasteiger partial charge in [0, 0.05) is 24.7 Å². The van der Waals surface area contributed by atoms with Crippen LogP contribution in [-0.2, 0) is 4.79 Å². The highest BCUT2D eigenvalue weighted by Gasteiger charge is 2.33. The number of nitrogens with zero attached hydrogens (tertiary/aromatic N) is 1. The fraction of sp³-hybridized carbons (Fsp3) is 0.667. The average Bonchev–Trinajstić information content (AvgIpc) is 2.73. The fourth-order valence-corrected chi connectivity index (χ4v) is 5.26. The molecule has 0 unspecified atom stereocenters. The lowest BCUT2D eigenvalue weighted by Gasteiger charge is -2.40. The van der Waals surface area contributed by atoms with E-state index in [1.165, 1.54) is 38.5 Å². The van der Waals surface area contributed by atoms with E-state index in [4.69, 9.17) is 5.73 Å². The molecule has 0 spiro atoms. The number of carbonyl (C=O) groups is 2. The van der Waals surface area contributed by atoms with Gasteiger partial charge in [0.1, 0.15) is 0 Å². The van der Waals surface area contributed by atoms with E-state index in [9.17, 15) is 9.59 Å². The quantitative estimate of drug-likeness (QED) is 0.621. The molecule has 0 radical (unpaired) electrons. The van der Waals surface area contributed by atoms with Crippen molar-refractivity contribution in [2.24, 2.45) is 17.6 Å². The third-order valence-corrected chi connectivity index (χ3v) is 6.75. The molecule has 0 heterocycles. The van der Waals surface area contributed by atoms with Crippen molar-refractivity contribution in [2.75, 3.05) is 11.9 Å². The van der Waals surface area contributed by atoms with Crippen molar-refractivity contribution in [3.63, 3.8) is 0 Å². The van der Waals surface area contributed by atoms with Gasteiger partial charge in [0.25, 0.3) is 0 Å². The van der Waals surface area contributed by atoms with Gasteiger partial charge in [0.15, 0.2) is 0 Å². The Hall–Kier alpha value is -2.04. The minimum absolute atomic E-state index is 0.0405. The van der Waals surface area contributed by atoms with Gasteiger partial charge in [-0.2, -0.15) is 0 Å². The number of para-hydroxylation sites is 1. The Morgan fingerprint density at radius 2 is 1.66 bits per heavy atom. The lowest BCUT2D eigenvalue weighted by atomic mass is 9.81. The maximum absolute atomic E-state index is 13.2. The lowest BCUT2D eigenvalue weighted by molar-refractivity contribution is -0.119. The zero-order chi connectivity index (χ0) is 20.5. The second kappa shape index (κ2) is 11.2. The summed E-state index contributed by atoms with van der Waals surface area (Å²) >= 11 is 0. The topological polar surface area (TPSA) is 75.4 Å². The van der Waals surface area contributed by atoms with Crippen molar-refractivity contribution in [3.05, 3.63) is 30.3 Å². The predicted molar refractivity (Wildman–Crippen MR) is 118 cm³/mol. The number of hydrogen-bond acceptors (Lipinski definition) is 2. The van der Waals surface area contributed by atoms with Gasteiger partial charge >= 0.3 is 6.03 Å². The van der Waals surface area contributed by atoms with E-state index in [1.54, 1.807) is 0 Å². The highest BCUT2D eigenvalue weighted by molar-refractivity contribution is 5.89. The summed E-state index contributed by atoms with van der Waals surface area (Å²) in [6.45, 7) is 0.759. The van der Waals surface area contributed by atoms with Crippen LogP contribution < -0.4 is 11.1 Å². The van der Waals surface area contributed by atoms with Gasteiger partial charge in [-0.05, 0) is 49.7 Å². The summed E-state index contributed by atoms with van der Waals surface area (Å²) in [5.74, 6) is 0.737. The molecule has 2 fully saturated rings. The third-order valence-electron chi connectivity index (χ3n) is 6.75. The number of nitrogens with two attached hydrogens (primary N) is 1. The second-order valence-electron chi connectivity index (χ2n) is 8.92. The van der Waals surface area contributed by atoms with Gasteiger partial charge in [-0.25, -0.2) is 4.79 Å². The normalized spacial score (nSPS) is 22.8. The average molecular weight is 400 g/mol. The molecule has 2 saturated carbocycles. The SMILES string of the molecule is NC(=O)C[C@@H]1CCCC[C@H]1N(CCCC1CCCCC1)C(=O)Nc1ccccc1. The molecule has 3 rings (SSSR count). The number of hydrogen-bond donors (Lipinski definition) is 2. The Bertz CT molecular complexity index is 643. The molecule has 29 heavy (non-hydrogen) atoms. The summed E-state index contributed by atoms with van der Waals surface area (Å²) < 4.78 is 0. The van der Waals surface area contributed by atoms with Gasteiger partial charge in [-0.1, -0.05) is 63.1 Å². The first-order chi connectivity index (χ1) is 14.1. The van der Waals surface area contributed by atoms with Crippen LogP contribution in [0.5, 0.6) is 0 Å². The molecule has 0 aliphatic heterocycles. The molecular formula is C24H37N3O2. The first kappa shape index (κ1) is 21.7. The zero-order valence-corrected chi connectivity index (χ0v) is 17.7. The van der Waals surface area contributed by atoms with E-state index >= 15 is 0 Å². The Balaban J connectivity index is 1.66. The molecule has 2 aliphatic rings. The second-order valence-corrected chi connectivity index (χ2v) is 8.92. The number of benzene rings is 1. The zero-order valence-electron chi connectivity index (χ0n) is 17.7. The summed E-state index contributed by atoms with van der Waals surface area (Å²) in [7, 11) is 0.